The van der Waals surface area contributed by atoms with E-state index in [1.807, 2.05) is 41.3 Å². The van der Waals surface area contributed by atoms with Crippen LogP contribution in [0.5, 0.6) is 0 Å². The Morgan fingerprint density at radius 2 is 1.69 bits per heavy atom. The number of anilines is 2. The van der Waals surface area contributed by atoms with Crippen LogP contribution in [-0.4, -0.2) is 47.0 Å². The molecular weight excluding hydrogens is 441 g/mol. The van der Waals surface area contributed by atoms with E-state index in [-0.39, 0.29) is 17.6 Å². The molecule has 35 heavy (non-hydrogen) atoms. The molecule has 1 aliphatic heterocycles. The first-order valence-corrected chi connectivity index (χ1v) is 12.4. The maximum Gasteiger partial charge on any atom is 0.227 e. The lowest BCUT2D eigenvalue weighted by Crippen LogP contribution is -2.37. The van der Waals surface area contributed by atoms with Crippen LogP contribution in [0.15, 0.2) is 67.0 Å². The Balaban J connectivity index is 1.68. The van der Waals surface area contributed by atoms with Crippen molar-refractivity contribution in [3.63, 3.8) is 0 Å². The Morgan fingerprint density at radius 1 is 0.943 bits per heavy atom. The van der Waals surface area contributed by atoms with E-state index in [0.717, 1.165) is 24.2 Å². The largest absolute Gasteiger partial charge is 0.339 e. The molecule has 0 atom stereocenters. The lowest BCUT2D eigenvalue weighted by molar-refractivity contribution is -0.119. The smallest absolute Gasteiger partial charge is 0.227 e. The summed E-state index contributed by atoms with van der Waals surface area (Å²) in [5, 5.41) is 0. The van der Waals surface area contributed by atoms with Crippen LogP contribution in [0.4, 0.5) is 16.0 Å². The standard InChI is InChI=1S/C28H34FN5O/c1-22(2)19-27(35)34-16-8-15-33(28-30-13-7-14-31-28)18-17-32(20-23-9-3-5-11-25(23)29)21-24-10-4-6-12-26(24)34/h3-7,9-14,22H,8,15-21H2,1-2H3. The van der Waals surface area contributed by atoms with Gasteiger partial charge in [0.15, 0.2) is 0 Å². The molecule has 3 aromatic rings. The summed E-state index contributed by atoms with van der Waals surface area (Å²) >= 11 is 0. The summed E-state index contributed by atoms with van der Waals surface area (Å²) in [5.74, 6) is 0.886. The lowest BCUT2D eigenvalue weighted by atomic mass is 10.1. The van der Waals surface area contributed by atoms with Gasteiger partial charge in [-0.3, -0.25) is 9.69 Å². The summed E-state index contributed by atoms with van der Waals surface area (Å²) in [6.45, 7) is 8.00. The highest BCUT2D eigenvalue weighted by atomic mass is 19.1. The van der Waals surface area contributed by atoms with E-state index in [2.05, 4.69) is 39.7 Å². The van der Waals surface area contributed by atoms with Gasteiger partial charge in [0.05, 0.1) is 0 Å². The second-order valence-corrected chi connectivity index (χ2v) is 9.46. The van der Waals surface area contributed by atoms with E-state index >= 15 is 0 Å². The molecule has 1 amide bonds. The number of benzene rings is 2. The van der Waals surface area contributed by atoms with Crippen LogP contribution < -0.4 is 9.80 Å². The van der Waals surface area contributed by atoms with Crippen molar-refractivity contribution in [2.45, 2.75) is 39.8 Å². The number of carbonyl (C=O) groups is 1. The third kappa shape index (κ3) is 6.63. The molecule has 0 bridgehead atoms. The van der Waals surface area contributed by atoms with Gasteiger partial charge in [0.2, 0.25) is 11.9 Å². The van der Waals surface area contributed by atoms with Gasteiger partial charge < -0.3 is 9.80 Å². The fourth-order valence-corrected chi connectivity index (χ4v) is 4.52. The summed E-state index contributed by atoms with van der Waals surface area (Å²) in [7, 11) is 0. The molecule has 7 heteroatoms. The molecule has 184 valence electrons. The molecule has 1 aromatic heterocycles. The molecule has 0 radical (unpaired) electrons. The monoisotopic (exact) mass is 475 g/mol. The zero-order chi connectivity index (χ0) is 24.6. The van der Waals surface area contributed by atoms with Crippen LogP contribution in [0.2, 0.25) is 0 Å². The van der Waals surface area contributed by atoms with Gasteiger partial charge in [-0.1, -0.05) is 50.2 Å². The topological polar surface area (TPSA) is 52.6 Å². The molecule has 6 nitrogen and oxygen atoms in total. The second kappa shape index (κ2) is 11.9. The summed E-state index contributed by atoms with van der Waals surface area (Å²) in [5.41, 5.74) is 2.68. The number of rotatable bonds is 5. The van der Waals surface area contributed by atoms with E-state index in [4.69, 9.17) is 0 Å². The highest BCUT2D eigenvalue weighted by Crippen LogP contribution is 2.26. The maximum atomic E-state index is 14.6. The molecule has 0 unspecified atom stereocenters. The van der Waals surface area contributed by atoms with Crippen molar-refractivity contribution in [1.82, 2.24) is 14.9 Å². The number of hydrogen-bond acceptors (Lipinski definition) is 5. The number of fused-ring (bicyclic) bond motifs is 1. The van der Waals surface area contributed by atoms with Crippen LogP contribution in [0.25, 0.3) is 0 Å². The van der Waals surface area contributed by atoms with Gasteiger partial charge in [-0.25, -0.2) is 14.4 Å². The normalized spacial score (nSPS) is 15.5. The van der Waals surface area contributed by atoms with E-state index in [9.17, 15) is 9.18 Å². The zero-order valence-electron chi connectivity index (χ0n) is 20.6. The van der Waals surface area contributed by atoms with Crippen molar-refractivity contribution in [1.29, 1.82) is 0 Å². The second-order valence-electron chi connectivity index (χ2n) is 9.46. The van der Waals surface area contributed by atoms with E-state index in [1.165, 1.54) is 6.07 Å². The average Bonchev–Trinajstić information content (AvgIpc) is 2.88. The van der Waals surface area contributed by atoms with E-state index in [1.54, 1.807) is 18.5 Å². The average molecular weight is 476 g/mol. The summed E-state index contributed by atoms with van der Waals surface area (Å²) in [4.78, 5) is 28.6. The van der Waals surface area contributed by atoms with Crippen LogP contribution in [0.1, 0.15) is 37.8 Å². The van der Waals surface area contributed by atoms with Crippen LogP contribution >= 0.6 is 0 Å². The maximum absolute atomic E-state index is 14.6. The first-order valence-electron chi connectivity index (χ1n) is 12.4. The first-order chi connectivity index (χ1) is 17.0. The van der Waals surface area contributed by atoms with Crippen LogP contribution in [0, 0.1) is 11.7 Å². The number of halogens is 1. The highest BCUT2D eigenvalue weighted by molar-refractivity contribution is 5.94. The number of para-hydroxylation sites is 1. The van der Waals surface area contributed by atoms with Crippen molar-refractivity contribution in [3.05, 3.63) is 83.9 Å². The van der Waals surface area contributed by atoms with Crippen molar-refractivity contribution in [2.75, 3.05) is 36.0 Å². The van der Waals surface area contributed by atoms with Gasteiger partial charge in [0.25, 0.3) is 0 Å². The summed E-state index contributed by atoms with van der Waals surface area (Å²) in [6.07, 6.45) is 4.79. The molecule has 2 heterocycles. The number of aromatic nitrogens is 2. The van der Waals surface area contributed by atoms with Gasteiger partial charge in [-0.15, -0.1) is 0 Å². The molecule has 0 N–H and O–H groups in total. The van der Waals surface area contributed by atoms with Crippen molar-refractivity contribution >= 4 is 17.5 Å². The minimum absolute atomic E-state index is 0.134. The molecule has 0 fully saturated rings. The minimum Gasteiger partial charge on any atom is -0.339 e. The molecule has 4 rings (SSSR count). The Morgan fingerprint density at radius 3 is 2.46 bits per heavy atom. The number of carbonyl (C=O) groups excluding carboxylic acids is 1. The van der Waals surface area contributed by atoms with E-state index in [0.29, 0.717) is 50.7 Å². The number of nitrogens with zero attached hydrogens (tertiary/aromatic N) is 5. The van der Waals surface area contributed by atoms with Crippen molar-refractivity contribution in [3.8, 4) is 0 Å². The Labute approximate surface area is 207 Å². The van der Waals surface area contributed by atoms with Crippen LogP contribution in [-0.2, 0) is 17.9 Å². The van der Waals surface area contributed by atoms with E-state index < -0.39 is 0 Å². The molecular formula is C28H34FN5O. The first kappa shape index (κ1) is 24.8. The zero-order valence-corrected chi connectivity index (χ0v) is 20.6. The third-order valence-corrected chi connectivity index (χ3v) is 6.24. The highest BCUT2D eigenvalue weighted by Gasteiger charge is 2.23. The quantitative estimate of drug-likeness (QED) is 0.525. The molecule has 2 aromatic carbocycles. The SMILES string of the molecule is CC(C)CC(=O)N1CCCN(c2ncccn2)CCN(Cc2ccccc2F)Cc2ccccc21. The van der Waals surface area contributed by atoms with Gasteiger partial charge in [0.1, 0.15) is 5.82 Å². The van der Waals surface area contributed by atoms with Crippen molar-refractivity contribution < 1.29 is 9.18 Å². The molecule has 1 aliphatic rings. The molecule has 0 saturated carbocycles. The Bertz CT molecular complexity index is 1110. The molecule has 0 spiro atoms. The lowest BCUT2D eigenvalue weighted by Gasteiger charge is -2.28. The van der Waals surface area contributed by atoms with Crippen molar-refractivity contribution in [2.24, 2.45) is 5.92 Å². The predicted octanol–water partition coefficient (Wildman–Crippen LogP) is 4.91. The Kier molecular flexibility index (Phi) is 8.42. The van der Waals surface area contributed by atoms with Gasteiger partial charge in [-0.05, 0) is 36.1 Å². The van der Waals surface area contributed by atoms with Crippen LogP contribution in [0.3, 0.4) is 0 Å². The summed E-state index contributed by atoms with van der Waals surface area (Å²) < 4.78 is 14.6. The molecule has 0 saturated heterocycles. The van der Waals surface area contributed by atoms with Gasteiger partial charge in [0, 0.05) is 69.3 Å². The van der Waals surface area contributed by atoms with Gasteiger partial charge >= 0.3 is 0 Å². The predicted molar refractivity (Wildman–Crippen MR) is 138 cm³/mol. The van der Waals surface area contributed by atoms with Gasteiger partial charge in [-0.2, -0.15) is 0 Å². The summed E-state index contributed by atoms with van der Waals surface area (Å²) in [6, 6.07) is 16.8. The Hall–Kier alpha value is -3.32. The minimum atomic E-state index is -0.202. The number of hydrogen-bond donors (Lipinski definition) is 0. The molecule has 0 aliphatic carbocycles. The fourth-order valence-electron chi connectivity index (χ4n) is 4.52. The number of amides is 1. The third-order valence-electron chi connectivity index (χ3n) is 6.24. The fraction of sp³-hybridized carbons (Fsp3) is 0.393.